The van der Waals surface area contributed by atoms with E-state index in [2.05, 4.69) is 0 Å². The number of hydrogen-bond acceptors (Lipinski definition) is 6. The van der Waals surface area contributed by atoms with Gasteiger partial charge in [0, 0.05) is 16.3 Å². The van der Waals surface area contributed by atoms with Crippen LogP contribution in [0.4, 0.5) is 5.69 Å². The molecule has 0 radical (unpaired) electrons. The molecule has 1 aromatic rings. The van der Waals surface area contributed by atoms with Gasteiger partial charge in [0.05, 0.1) is 17.6 Å². The van der Waals surface area contributed by atoms with Crippen molar-refractivity contribution in [1.82, 2.24) is 0 Å². The summed E-state index contributed by atoms with van der Waals surface area (Å²) in [5.41, 5.74) is 5.83. The van der Waals surface area contributed by atoms with Gasteiger partial charge in [-0.3, -0.25) is 0 Å². The molecule has 0 fully saturated rings. The molecule has 1 aromatic carbocycles. The normalized spacial score (nSPS) is 13.6. The molecule has 0 aliphatic carbocycles. The third kappa shape index (κ3) is 4.52. The van der Waals surface area contributed by atoms with Crippen LogP contribution in [0.25, 0.3) is 0 Å². The van der Waals surface area contributed by atoms with Crippen molar-refractivity contribution in [2.45, 2.75) is 15.9 Å². The molecule has 96 valence electrons. The van der Waals surface area contributed by atoms with E-state index in [1.807, 2.05) is 0 Å². The van der Waals surface area contributed by atoms with E-state index in [0.29, 0.717) is 4.90 Å². The summed E-state index contributed by atoms with van der Waals surface area (Å²) in [6.07, 6.45) is -0.862. The molecular weight excluding hydrogens is 264 g/mol. The summed E-state index contributed by atoms with van der Waals surface area (Å²) < 4.78 is 22.3. The first-order valence-corrected chi connectivity index (χ1v) is 7.21. The van der Waals surface area contributed by atoms with E-state index in [0.717, 1.165) is 0 Å². The van der Waals surface area contributed by atoms with Gasteiger partial charge in [0.1, 0.15) is 0 Å². The lowest BCUT2D eigenvalue weighted by molar-refractivity contribution is 0.113. The summed E-state index contributed by atoms with van der Waals surface area (Å²) in [7, 11) is -3.80. The Balaban J connectivity index is 2.91. The number of sulfonamides is 1. The lowest BCUT2D eigenvalue weighted by Gasteiger charge is -2.08. The number of hydrogen-bond donors (Lipinski definition) is 4. The van der Waals surface area contributed by atoms with Crippen molar-refractivity contribution in [2.24, 2.45) is 5.14 Å². The van der Waals surface area contributed by atoms with Gasteiger partial charge in [-0.1, -0.05) is 0 Å². The number of benzene rings is 1. The van der Waals surface area contributed by atoms with Crippen LogP contribution >= 0.6 is 11.8 Å². The molecule has 17 heavy (non-hydrogen) atoms. The van der Waals surface area contributed by atoms with Crippen LogP contribution in [0.5, 0.6) is 0 Å². The summed E-state index contributed by atoms with van der Waals surface area (Å²) in [4.78, 5) is 0.500. The van der Waals surface area contributed by atoms with E-state index < -0.39 is 16.1 Å². The molecule has 0 aromatic heterocycles. The Kier molecular flexibility index (Phi) is 4.78. The zero-order chi connectivity index (χ0) is 13.1. The molecule has 0 saturated heterocycles. The van der Waals surface area contributed by atoms with Crippen molar-refractivity contribution in [3.63, 3.8) is 0 Å². The Hall–Kier alpha value is -0.800. The summed E-state index contributed by atoms with van der Waals surface area (Å²) in [6.45, 7) is -0.350. The SMILES string of the molecule is Nc1cc(SCC(O)CO)cc(S(N)(=O)=O)c1. The van der Waals surface area contributed by atoms with Gasteiger partial charge < -0.3 is 15.9 Å². The average Bonchev–Trinajstić information content (AvgIpc) is 2.24. The van der Waals surface area contributed by atoms with Crippen molar-refractivity contribution in [3.05, 3.63) is 18.2 Å². The van der Waals surface area contributed by atoms with Crippen LogP contribution in [0.3, 0.4) is 0 Å². The van der Waals surface area contributed by atoms with E-state index in [4.69, 9.17) is 16.0 Å². The van der Waals surface area contributed by atoms with Gasteiger partial charge in [0.2, 0.25) is 10.0 Å². The smallest absolute Gasteiger partial charge is 0.238 e. The third-order valence-electron chi connectivity index (χ3n) is 1.88. The lowest BCUT2D eigenvalue weighted by atomic mass is 10.3. The molecule has 1 rings (SSSR count). The second-order valence-corrected chi connectivity index (χ2v) is 6.08. The predicted molar refractivity (Wildman–Crippen MR) is 66.0 cm³/mol. The number of anilines is 1. The Bertz CT molecular complexity index is 490. The standard InChI is InChI=1S/C9H14N2O4S2/c10-6-1-8(16-5-7(13)4-12)3-9(2-6)17(11,14)15/h1-3,7,12-13H,4-5,10H2,(H2,11,14,15). The Morgan fingerprint density at radius 2 is 2.00 bits per heavy atom. The fraction of sp³-hybridized carbons (Fsp3) is 0.333. The van der Waals surface area contributed by atoms with Gasteiger partial charge >= 0.3 is 0 Å². The van der Waals surface area contributed by atoms with Crippen LogP contribution in [-0.4, -0.2) is 37.1 Å². The first-order valence-electron chi connectivity index (χ1n) is 4.68. The lowest BCUT2D eigenvalue weighted by Crippen LogP contribution is -2.15. The molecule has 0 bridgehead atoms. The Morgan fingerprint density at radius 1 is 1.35 bits per heavy atom. The topological polar surface area (TPSA) is 127 Å². The molecule has 1 unspecified atom stereocenters. The first kappa shape index (κ1) is 14.3. The first-order chi connectivity index (χ1) is 7.82. The maximum atomic E-state index is 11.2. The van der Waals surface area contributed by atoms with Crippen LogP contribution in [0.2, 0.25) is 0 Å². The van der Waals surface area contributed by atoms with E-state index in [-0.39, 0.29) is 22.9 Å². The van der Waals surface area contributed by atoms with Crippen molar-refractivity contribution in [1.29, 1.82) is 0 Å². The molecule has 0 spiro atoms. The van der Waals surface area contributed by atoms with Crippen LogP contribution in [-0.2, 0) is 10.0 Å². The number of primary sulfonamides is 1. The van der Waals surface area contributed by atoms with Gasteiger partial charge in [-0.05, 0) is 18.2 Å². The molecule has 0 aliphatic rings. The predicted octanol–water partition coefficient (Wildman–Crippen LogP) is -0.638. The van der Waals surface area contributed by atoms with Crippen LogP contribution in [0.1, 0.15) is 0 Å². The molecular formula is C9H14N2O4S2. The van der Waals surface area contributed by atoms with Crippen LogP contribution in [0.15, 0.2) is 28.0 Å². The van der Waals surface area contributed by atoms with Crippen molar-refractivity contribution in [3.8, 4) is 0 Å². The molecule has 1 atom stereocenters. The highest BCUT2D eigenvalue weighted by Gasteiger charge is 2.11. The Morgan fingerprint density at radius 3 is 2.53 bits per heavy atom. The fourth-order valence-electron chi connectivity index (χ4n) is 1.09. The Labute approximate surface area is 104 Å². The molecule has 0 saturated carbocycles. The maximum absolute atomic E-state index is 11.2. The number of nitrogens with two attached hydrogens (primary N) is 2. The minimum Gasteiger partial charge on any atom is -0.399 e. The molecule has 0 amide bonds. The summed E-state index contributed by atoms with van der Waals surface area (Å²) >= 11 is 1.19. The summed E-state index contributed by atoms with van der Waals surface area (Å²) in [5, 5.41) is 22.8. The molecule has 6 nitrogen and oxygen atoms in total. The number of aliphatic hydroxyl groups is 2. The highest BCUT2D eigenvalue weighted by molar-refractivity contribution is 7.99. The van der Waals surface area contributed by atoms with Gasteiger partial charge in [-0.15, -0.1) is 11.8 Å². The fourth-order valence-corrected chi connectivity index (χ4v) is 2.67. The number of nitrogen functional groups attached to an aromatic ring is 1. The van der Waals surface area contributed by atoms with Gasteiger partial charge in [0.15, 0.2) is 0 Å². The minimum atomic E-state index is -3.80. The van der Waals surface area contributed by atoms with Crippen molar-refractivity contribution >= 4 is 27.5 Å². The minimum absolute atomic E-state index is 0.0708. The van der Waals surface area contributed by atoms with E-state index in [1.165, 1.54) is 23.9 Å². The van der Waals surface area contributed by atoms with E-state index in [9.17, 15) is 13.5 Å². The number of thioether (sulfide) groups is 1. The van der Waals surface area contributed by atoms with Crippen molar-refractivity contribution < 1.29 is 18.6 Å². The van der Waals surface area contributed by atoms with Crippen LogP contribution < -0.4 is 10.9 Å². The second-order valence-electron chi connectivity index (χ2n) is 3.43. The molecule has 0 aliphatic heterocycles. The van der Waals surface area contributed by atoms with Gasteiger partial charge in [-0.2, -0.15) is 0 Å². The zero-order valence-corrected chi connectivity index (χ0v) is 10.5. The third-order valence-corrected chi connectivity index (χ3v) is 3.90. The zero-order valence-electron chi connectivity index (χ0n) is 8.91. The molecule has 8 heteroatoms. The molecule has 6 N–H and O–H groups in total. The highest BCUT2D eigenvalue weighted by Crippen LogP contribution is 2.25. The molecule has 0 heterocycles. The van der Waals surface area contributed by atoms with Crippen LogP contribution in [0, 0.1) is 0 Å². The average molecular weight is 278 g/mol. The van der Waals surface area contributed by atoms with E-state index in [1.54, 1.807) is 6.07 Å². The summed E-state index contributed by atoms with van der Waals surface area (Å²) in [5.74, 6) is 0.240. The number of rotatable bonds is 5. The maximum Gasteiger partial charge on any atom is 0.238 e. The van der Waals surface area contributed by atoms with Gasteiger partial charge in [-0.25, -0.2) is 13.6 Å². The quantitative estimate of drug-likeness (QED) is 0.419. The largest absolute Gasteiger partial charge is 0.399 e. The summed E-state index contributed by atoms with van der Waals surface area (Å²) in [6, 6.07) is 4.21. The van der Waals surface area contributed by atoms with Crippen molar-refractivity contribution in [2.75, 3.05) is 18.1 Å². The number of aliphatic hydroxyl groups excluding tert-OH is 2. The monoisotopic (exact) mass is 278 g/mol. The second kappa shape index (κ2) is 5.69. The van der Waals surface area contributed by atoms with Gasteiger partial charge in [0.25, 0.3) is 0 Å². The highest BCUT2D eigenvalue weighted by atomic mass is 32.2. The van der Waals surface area contributed by atoms with E-state index >= 15 is 0 Å².